The van der Waals surface area contributed by atoms with Gasteiger partial charge < -0.3 is 50.4 Å². The van der Waals surface area contributed by atoms with Crippen LogP contribution >= 0.6 is 11.6 Å². The number of rotatable bonds is 16. The first-order valence-electron chi connectivity index (χ1n) is 19.0. The molecule has 6 rings (SSSR count). The van der Waals surface area contributed by atoms with Crippen LogP contribution in [0.4, 0.5) is 29.0 Å². The Hall–Kier alpha value is -4.79. The number of anilines is 5. The molecular weight excluding hydrogens is 720 g/mol. The van der Waals surface area contributed by atoms with Gasteiger partial charge in [0.2, 0.25) is 0 Å². The summed E-state index contributed by atoms with van der Waals surface area (Å²) in [4.78, 5) is 21.9. The molecule has 2 fully saturated rings. The SMILES string of the molecule is CNc1cc(Cl)cc(C)n1.CNc1cc(Nc2cc(OCCCN3CCCC3)c(OC)cn2)cc(C)n1.COc1cnc(N)cc1OCCCN1CCCC1. The number of aromatic nitrogens is 4. The standard InChI is InChI=1S/C20H29N5O2.C13H21N3O2.C7H9ClN2/c1-15-11-16(12-19(21-2)23-15)24-20-13-17(18(26-3)14-22-20)27-10-6-9-25-7-4-5-8-25;1-17-12-10-15-13(14)9-11(12)18-8-4-7-16-5-2-3-6-16;1-5-3-6(8)4-7(9-2)10-5/h11-14H,4-10H2,1-3H3,(H2,21,22,23,24);9-10H,2-8H2,1H3,(H2,14,15);3-4H,1-2H3,(H,9,10). The van der Waals surface area contributed by atoms with Gasteiger partial charge in [0.25, 0.3) is 0 Å². The van der Waals surface area contributed by atoms with Crippen molar-refractivity contribution in [3.05, 3.63) is 65.2 Å². The van der Waals surface area contributed by atoms with Gasteiger partial charge in [-0.1, -0.05) is 11.6 Å². The van der Waals surface area contributed by atoms with Crippen molar-refractivity contribution in [2.24, 2.45) is 0 Å². The highest BCUT2D eigenvalue weighted by atomic mass is 35.5. The predicted octanol–water partition coefficient (Wildman–Crippen LogP) is 7.07. The number of nitrogens with one attached hydrogen (secondary N) is 3. The molecule has 2 aliphatic rings. The molecule has 0 spiro atoms. The van der Waals surface area contributed by atoms with Crippen molar-refractivity contribution in [3.63, 3.8) is 0 Å². The van der Waals surface area contributed by atoms with E-state index in [0.717, 1.165) is 59.7 Å². The molecule has 15 heteroatoms. The van der Waals surface area contributed by atoms with Crippen LogP contribution < -0.4 is 40.6 Å². The van der Waals surface area contributed by atoms with E-state index in [1.165, 1.54) is 51.9 Å². The number of hydrogen-bond acceptors (Lipinski definition) is 14. The van der Waals surface area contributed by atoms with Gasteiger partial charge in [-0.2, -0.15) is 0 Å². The van der Waals surface area contributed by atoms with Gasteiger partial charge in [0, 0.05) is 67.5 Å². The minimum Gasteiger partial charge on any atom is -0.491 e. The van der Waals surface area contributed by atoms with Gasteiger partial charge in [-0.25, -0.2) is 19.9 Å². The van der Waals surface area contributed by atoms with E-state index in [0.29, 0.717) is 47.8 Å². The average molecular weight is 779 g/mol. The zero-order chi connectivity index (χ0) is 39.4. The molecule has 0 saturated carbocycles. The molecule has 4 aromatic rings. The highest BCUT2D eigenvalue weighted by Gasteiger charge is 2.13. The molecule has 6 heterocycles. The number of hydrogen-bond donors (Lipinski definition) is 4. The van der Waals surface area contributed by atoms with Crippen LogP contribution in [0.5, 0.6) is 23.0 Å². The van der Waals surface area contributed by atoms with Crippen molar-refractivity contribution in [1.82, 2.24) is 29.7 Å². The molecule has 55 heavy (non-hydrogen) atoms. The number of methoxy groups -OCH3 is 2. The lowest BCUT2D eigenvalue weighted by Crippen LogP contribution is -2.21. The van der Waals surface area contributed by atoms with E-state index in [9.17, 15) is 0 Å². The molecule has 2 saturated heterocycles. The van der Waals surface area contributed by atoms with Crippen LogP contribution in [0, 0.1) is 13.8 Å². The van der Waals surface area contributed by atoms with Crippen LogP contribution in [-0.2, 0) is 0 Å². The van der Waals surface area contributed by atoms with Crippen LogP contribution in [-0.4, -0.2) is 111 Å². The summed E-state index contributed by atoms with van der Waals surface area (Å²) in [5, 5.41) is 10.0. The molecule has 4 aromatic heterocycles. The Morgan fingerprint density at radius 2 is 1.16 bits per heavy atom. The lowest BCUT2D eigenvalue weighted by atomic mass is 10.3. The van der Waals surface area contributed by atoms with Gasteiger partial charge in [0.05, 0.1) is 39.8 Å². The Kier molecular flexibility index (Phi) is 18.1. The third-order valence-corrected chi connectivity index (χ3v) is 9.15. The lowest BCUT2D eigenvalue weighted by Gasteiger charge is -2.16. The smallest absolute Gasteiger partial charge is 0.179 e. The summed E-state index contributed by atoms with van der Waals surface area (Å²) in [5.74, 6) is 5.43. The maximum Gasteiger partial charge on any atom is 0.179 e. The minimum atomic E-state index is 0.449. The third-order valence-electron chi connectivity index (χ3n) is 8.93. The first-order chi connectivity index (χ1) is 26.7. The second-order valence-corrected chi connectivity index (χ2v) is 13.7. The number of halogens is 1. The Balaban J connectivity index is 0.000000205. The van der Waals surface area contributed by atoms with Crippen LogP contribution in [0.15, 0.2) is 48.8 Å². The van der Waals surface area contributed by atoms with Crippen LogP contribution in [0.3, 0.4) is 0 Å². The fraction of sp³-hybridized carbons (Fsp3) is 0.500. The van der Waals surface area contributed by atoms with Crippen molar-refractivity contribution < 1.29 is 18.9 Å². The highest BCUT2D eigenvalue weighted by Crippen LogP contribution is 2.30. The second kappa shape index (κ2) is 23.2. The van der Waals surface area contributed by atoms with Crippen molar-refractivity contribution in [3.8, 4) is 23.0 Å². The fourth-order valence-corrected chi connectivity index (χ4v) is 6.45. The Morgan fingerprint density at radius 3 is 1.69 bits per heavy atom. The molecule has 0 aliphatic carbocycles. The summed E-state index contributed by atoms with van der Waals surface area (Å²) in [7, 11) is 6.90. The number of nitrogen functional groups attached to an aromatic ring is 1. The largest absolute Gasteiger partial charge is 0.491 e. The summed E-state index contributed by atoms with van der Waals surface area (Å²) in [6.07, 6.45) is 10.6. The van der Waals surface area contributed by atoms with Crippen LogP contribution in [0.25, 0.3) is 0 Å². The summed E-state index contributed by atoms with van der Waals surface area (Å²) in [6.45, 7) is 12.3. The number of likely N-dealkylation sites (tertiary alicyclic amines) is 2. The van der Waals surface area contributed by atoms with E-state index >= 15 is 0 Å². The normalized spacial score (nSPS) is 13.9. The monoisotopic (exact) mass is 778 g/mol. The molecule has 5 N–H and O–H groups in total. The number of ether oxygens (including phenoxy) is 4. The van der Waals surface area contributed by atoms with Gasteiger partial charge in [-0.05, 0) is 96.8 Å². The van der Waals surface area contributed by atoms with Crippen LogP contribution in [0.1, 0.15) is 49.9 Å². The number of nitrogens with zero attached hydrogens (tertiary/aromatic N) is 6. The second-order valence-electron chi connectivity index (χ2n) is 13.3. The topological polar surface area (TPSA) is 157 Å². The highest BCUT2D eigenvalue weighted by molar-refractivity contribution is 6.30. The van der Waals surface area contributed by atoms with E-state index in [4.69, 9.17) is 36.3 Å². The van der Waals surface area contributed by atoms with Gasteiger partial charge in [0.15, 0.2) is 23.0 Å². The molecule has 2 aliphatic heterocycles. The van der Waals surface area contributed by atoms with Crippen molar-refractivity contribution in [1.29, 1.82) is 0 Å². The lowest BCUT2D eigenvalue weighted by molar-refractivity contribution is 0.254. The Morgan fingerprint density at radius 1 is 0.655 bits per heavy atom. The van der Waals surface area contributed by atoms with Gasteiger partial charge in [0.1, 0.15) is 23.3 Å². The molecule has 0 bridgehead atoms. The van der Waals surface area contributed by atoms with E-state index in [1.807, 2.05) is 52.2 Å². The number of pyridine rings is 4. The van der Waals surface area contributed by atoms with E-state index in [-0.39, 0.29) is 0 Å². The van der Waals surface area contributed by atoms with Crippen molar-refractivity contribution in [2.75, 3.05) is 102 Å². The quantitative estimate of drug-likeness (QED) is 0.0857. The minimum absolute atomic E-state index is 0.449. The first kappa shape index (κ1) is 42.9. The fourth-order valence-electron chi connectivity index (χ4n) is 6.19. The van der Waals surface area contributed by atoms with Crippen molar-refractivity contribution in [2.45, 2.75) is 52.4 Å². The molecule has 300 valence electrons. The Bertz CT molecular complexity index is 1720. The van der Waals surface area contributed by atoms with Gasteiger partial charge in [-0.15, -0.1) is 0 Å². The number of nitrogens with two attached hydrogens (primary N) is 1. The van der Waals surface area contributed by atoms with E-state index in [1.54, 1.807) is 38.7 Å². The maximum atomic E-state index is 5.98. The van der Waals surface area contributed by atoms with E-state index in [2.05, 4.69) is 45.7 Å². The first-order valence-corrected chi connectivity index (χ1v) is 19.4. The van der Waals surface area contributed by atoms with E-state index < -0.39 is 0 Å². The summed E-state index contributed by atoms with van der Waals surface area (Å²) >= 11 is 5.75. The zero-order valence-electron chi connectivity index (χ0n) is 33.3. The molecule has 0 aromatic carbocycles. The molecule has 0 atom stereocenters. The summed E-state index contributed by atoms with van der Waals surface area (Å²) < 4.78 is 22.2. The van der Waals surface area contributed by atoms with Crippen LogP contribution in [0.2, 0.25) is 5.02 Å². The number of aryl methyl sites for hydroxylation is 2. The zero-order valence-corrected chi connectivity index (χ0v) is 34.0. The average Bonchev–Trinajstić information content (AvgIpc) is 3.90. The molecule has 0 amide bonds. The predicted molar refractivity (Wildman–Crippen MR) is 223 cm³/mol. The summed E-state index contributed by atoms with van der Waals surface area (Å²) in [5.41, 5.74) is 8.41. The third kappa shape index (κ3) is 15.1. The molecule has 14 nitrogen and oxygen atoms in total. The summed E-state index contributed by atoms with van der Waals surface area (Å²) in [6, 6.07) is 11.1. The maximum absolute atomic E-state index is 5.98. The molecule has 0 unspecified atom stereocenters. The Labute approximate surface area is 331 Å². The van der Waals surface area contributed by atoms with Gasteiger partial charge >= 0.3 is 0 Å². The van der Waals surface area contributed by atoms with Gasteiger partial charge in [-0.3, -0.25) is 0 Å². The molecule has 0 radical (unpaired) electrons. The van der Waals surface area contributed by atoms with Crippen molar-refractivity contribution >= 4 is 40.6 Å². The molecular formula is C40H59ClN10O4.